The molecule has 102 valence electrons. The first-order valence-electron chi connectivity index (χ1n) is 6.62. The smallest absolute Gasteiger partial charge is 0.0641 e. The summed E-state index contributed by atoms with van der Waals surface area (Å²) in [4.78, 5) is 0. The predicted octanol–water partition coefficient (Wildman–Crippen LogP) is 2.96. The molecule has 3 nitrogen and oxygen atoms in total. The standard InChI is InChI=1S/C15H26N2O/c1-5-7-12-8-6-9-13(10-12)14(17-16)11-15(2,3)18-4/h6,8-10,14,17H,5,7,11,16H2,1-4H3. The maximum Gasteiger partial charge on any atom is 0.0641 e. The number of nitrogens with one attached hydrogen (secondary N) is 1. The summed E-state index contributed by atoms with van der Waals surface area (Å²) in [5.74, 6) is 5.69. The monoisotopic (exact) mass is 250 g/mol. The van der Waals surface area contributed by atoms with Crippen LogP contribution in [0.4, 0.5) is 0 Å². The zero-order valence-electron chi connectivity index (χ0n) is 12.0. The second-order valence-electron chi connectivity index (χ2n) is 5.38. The number of nitrogens with two attached hydrogens (primary N) is 1. The van der Waals surface area contributed by atoms with Gasteiger partial charge in [-0.25, -0.2) is 0 Å². The molecule has 3 N–H and O–H groups in total. The molecule has 0 amide bonds. The summed E-state index contributed by atoms with van der Waals surface area (Å²) in [5, 5.41) is 0. The van der Waals surface area contributed by atoms with E-state index in [0.717, 1.165) is 19.3 Å². The van der Waals surface area contributed by atoms with E-state index in [1.54, 1.807) is 7.11 Å². The van der Waals surface area contributed by atoms with Crippen molar-refractivity contribution >= 4 is 0 Å². The molecule has 1 unspecified atom stereocenters. The zero-order valence-corrected chi connectivity index (χ0v) is 12.0. The lowest BCUT2D eigenvalue weighted by atomic mass is 9.92. The van der Waals surface area contributed by atoms with Crippen molar-refractivity contribution in [2.75, 3.05) is 7.11 Å². The van der Waals surface area contributed by atoms with Crippen LogP contribution < -0.4 is 11.3 Å². The fraction of sp³-hybridized carbons (Fsp3) is 0.600. The largest absolute Gasteiger partial charge is 0.379 e. The Bertz CT molecular complexity index is 363. The minimum absolute atomic E-state index is 0.122. The fourth-order valence-corrected chi connectivity index (χ4v) is 2.10. The number of hydrazine groups is 1. The number of ether oxygens (including phenoxy) is 1. The summed E-state index contributed by atoms with van der Waals surface area (Å²) in [6, 6.07) is 8.75. The van der Waals surface area contributed by atoms with Gasteiger partial charge in [0.1, 0.15) is 0 Å². The van der Waals surface area contributed by atoms with Gasteiger partial charge in [0.15, 0.2) is 0 Å². The second kappa shape index (κ2) is 6.88. The van der Waals surface area contributed by atoms with Gasteiger partial charge in [-0.3, -0.25) is 11.3 Å². The maximum atomic E-state index is 5.69. The third-order valence-corrected chi connectivity index (χ3v) is 3.34. The van der Waals surface area contributed by atoms with Crippen LogP contribution in [0.15, 0.2) is 24.3 Å². The van der Waals surface area contributed by atoms with E-state index in [9.17, 15) is 0 Å². The van der Waals surface area contributed by atoms with Crippen molar-refractivity contribution in [1.29, 1.82) is 0 Å². The quantitative estimate of drug-likeness (QED) is 0.578. The molecule has 0 aliphatic rings. The Labute approximate surface area is 111 Å². The third-order valence-electron chi connectivity index (χ3n) is 3.34. The Hall–Kier alpha value is -0.900. The van der Waals surface area contributed by atoms with Crippen LogP contribution in [0.5, 0.6) is 0 Å². The maximum absolute atomic E-state index is 5.69. The van der Waals surface area contributed by atoms with Crippen LogP contribution in [-0.2, 0) is 11.2 Å². The van der Waals surface area contributed by atoms with Crippen LogP contribution in [0, 0.1) is 0 Å². The first-order chi connectivity index (χ1) is 8.52. The Kier molecular flexibility index (Phi) is 5.79. The lowest BCUT2D eigenvalue weighted by Gasteiger charge is -2.28. The van der Waals surface area contributed by atoms with E-state index in [4.69, 9.17) is 10.6 Å². The van der Waals surface area contributed by atoms with Gasteiger partial charge in [0.05, 0.1) is 5.60 Å². The Balaban J connectivity index is 2.84. The van der Waals surface area contributed by atoms with Crippen molar-refractivity contribution in [3.05, 3.63) is 35.4 Å². The third kappa shape index (κ3) is 4.41. The van der Waals surface area contributed by atoms with Gasteiger partial charge in [-0.1, -0.05) is 37.6 Å². The molecule has 0 heterocycles. The molecule has 0 radical (unpaired) electrons. The summed E-state index contributed by atoms with van der Waals surface area (Å²) >= 11 is 0. The highest BCUT2D eigenvalue weighted by Gasteiger charge is 2.23. The Morgan fingerprint density at radius 1 is 1.39 bits per heavy atom. The normalized spacial score (nSPS) is 13.6. The van der Waals surface area contributed by atoms with E-state index in [1.807, 2.05) is 0 Å². The molecule has 0 aliphatic heterocycles. The first-order valence-corrected chi connectivity index (χ1v) is 6.62. The van der Waals surface area contributed by atoms with Crippen molar-refractivity contribution in [3.63, 3.8) is 0 Å². The number of hydrogen-bond donors (Lipinski definition) is 2. The van der Waals surface area contributed by atoms with Crippen molar-refractivity contribution in [2.45, 2.75) is 51.7 Å². The van der Waals surface area contributed by atoms with Crippen molar-refractivity contribution in [3.8, 4) is 0 Å². The first kappa shape index (κ1) is 15.2. The minimum atomic E-state index is -0.183. The summed E-state index contributed by atoms with van der Waals surface area (Å²) in [7, 11) is 1.74. The van der Waals surface area contributed by atoms with Crippen LogP contribution in [0.3, 0.4) is 0 Å². The minimum Gasteiger partial charge on any atom is -0.379 e. The van der Waals surface area contributed by atoms with Gasteiger partial charge >= 0.3 is 0 Å². The van der Waals surface area contributed by atoms with Gasteiger partial charge in [0, 0.05) is 13.2 Å². The summed E-state index contributed by atoms with van der Waals surface area (Å²) in [5.41, 5.74) is 5.31. The van der Waals surface area contributed by atoms with Crippen LogP contribution in [-0.4, -0.2) is 12.7 Å². The van der Waals surface area contributed by atoms with Gasteiger partial charge in [-0.2, -0.15) is 0 Å². The molecule has 1 rings (SSSR count). The van der Waals surface area contributed by atoms with Gasteiger partial charge in [-0.05, 0) is 37.8 Å². The molecule has 3 heteroatoms. The Morgan fingerprint density at radius 3 is 2.67 bits per heavy atom. The molecular weight excluding hydrogens is 224 g/mol. The summed E-state index contributed by atoms with van der Waals surface area (Å²) in [6.45, 7) is 6.35. The molecule has 0 bridgehead atoms. The molecule has 1 aromatic rings. The molecule has 0 spiro atoms. The van der Waals surface area contributed by atoms with Crippen molar-refractivity contribution < 1.29 is 4.74 Å². The molecule has 0 fully saturated rings. The van der Waals surface area contributed by atoms with E-state index < -0.39 is 0 Å². The lowest BCUT2D eigenvalue weighted by Crippen LogP contribution is -2.35. The highest BCUT2D eigenvalue weighted by atomic mass is 16.5. The molecule has 0 saturated heterocycles. The Morgan fingerprint density at radius 2 is 2.11 bits per heavy atom. The molecule has 18 heavy (non-hydrogen) atoms. The second-order valence-corrected chi connectivity index (χ2v) is 5.38. The average Bonchev–Trinajstić information content (AvgIpc) is 2.37. The number of rotatable bonds is 7. The van der Waals surface area contributed by atoms with Crippen LogP contribution >= 0.6 is 0 Å². The highest BCUT2D eigenvalue weighted by molar-refractivity contribution is 5.26. The van der Waals surface area contributed by atoms with E-state index in [2.05, 4.69) is 50.5 Å². The van der Waals surface area contributed by atoms with Crippen molar-refractivity contribution in [2.24, 2.45) is 5.84 Å². The molecule has 0 saturated carbocycles. The predicted molar refractivity (Wildman–Crippen MR) is 76.2 cm³/mol. The molecule has 0 aliphatic carbocycles. The van der Waals surface area contributed by atoms with E-state index in [0.29, 0.717) is 0 Å². The van der Waals surface area contributed by atoms with Gasteiger partial charge in [0.2, 0.25) is 0 Å². The average molecular weight is 250 g/mol. The van der Waals surface area contributed by atoms with E-state index in [-0.39, 0.29) is 11.6 Å². The van der Waals surface area contributed by atoms with Crippen molar-refractivity contribution in [1.82, 2.24) is 5.43 Å². The molecular formula is C15H26N2O. The molecule has 0 aromatic heterocycles. The SMILES string of the molecule is CCCc1cccc(C(CC(C)(C)OC)NN)c1. The van der Waals surface area contributed by atoms with Gasteiger partial charge < -0.3 is 4.74 Å². The molecule has 1 atom stereocenters. The van der Waals surface area contributed by atoms with Crippen LogP contribution in [0.1, 0.15) is 50.8 Å². The topological polar surface area (TPSA) is 47.3 Å². The van der Waals surface area contributed by atoms with Crippen LogP contribution in [0.2, 0.25) is 0 Å². The van der Waals surface area contributed by atoms with Gasteiger partial charge in [0.25, 0.3) is 0 Å². The van der Waals surface area contributed by atoms with Gasteiger partial charge in [-0.15, -0.1) is 0 Å². The zero-order chi connectivity index (χ0) is 13.6. The number of benzene rings is 1. The van der Waals surface area contributed by atoms with E-state index >= 15 is 0 Å². The summed E-state index contributed by atoms with van der Waals surface area (Å²) < 4.78 is 5.47. The fourth-order valence-electron chi connectivity index (χ4n) is 2.10. The number of hydrogen-bond acceptors (Lipinski definition) is 3. The van der Waals surface area contributed by atoms with Crippen LogP contribution in [0.25, 0.3) is 0 Å². The van der Waals surface area contributed by atoms with E-state index in [1.165, 1.54) is 11.1 Å². The highest BCUT2D eigenvalue weighted by Crippen LogP contribution is 2.26. The molecule has 1 aromatic carbocycles. The summed E-state index contributed by atoms with van der Waals surface area (Å²) in [6.07, 6.45) is 3.11. The lowest BCUT2D eigenvalue weighted by molar-refractivity contribution is 0.00680. The number of aryl methyl sites for hydroxylation is 1. The number of methoxy groups -OCH3 is 1.